The number of benzene rings is 1. The highest BCUT2D eigenvalue weighted by atomic mass is 19.4. The molecule has 1 saturated heterocycles. The van der Waals surface area contributed by atoms with Crippen LogP contribution in [0, 0.1) is 5.82 Å². The number of ether oxygens (including phenoxy) is 1. The third-order valence-electron chi connectivity index (χ3n) is 5.75. The number of nitrogens with zero attached hydrogens (tertiary/aromatic N) is 6. The van der Waals surface area contributed by atoms with E-state index in [1.54, 1.807) is 4.90 Å². The summed E-state index contributed by atoms with van der Waals surface area (Å²) in [6.07, 6.45) is 0.392. The number of carbonyl (C=O) groups is 1. The predicted molar refractivity (Wildman–Crippen MR) is 136 cm³/mol. The highest BCUT2D eigenvalue weighted by Gasteiger charge is 2.31. The Hall–Kier alpha value is -4.92. The van der Waals surface area contributed by atoms with E-state index in [4.69, 9.17) is 4.74 Å². The van der Waals surface area contributed by atoms with Crippen molar-refractivity contribution in [3.63, 3.8) is 0 Å². The fourth-order valence-corrected chi connectivity index (χ4v) is 3.83. The van der Waals surface area contributed by atoms with Crippen molar-refractivity contribution in [1.82, 2.24) is 30.3 Å². The Labute approximate surface area is 224 Å². The van der Waals surface area contributed by atoms with Crippen LogP contribution in [-0.4, -0.2) is 57.1 Å². The van der Waals surface area contributed by atoms with Crippen LogP contribution in [0.5, 0.6) is 0 Å². The fraction of sp³-hybridized carbons (Fsp3) is 0.200. The number of amides is 1. The first-order valence-electron chi connectivity index (χ1n) is 11.9. The van der Waals surface area contributed by atoms with Gasteiger partial charge in [-0.25, -0.2) is 24.3 Å². The summed E-state index contributed by atoms with van der Waals surface area (Å²) in [5.74, 6) is -1.19. The molecule has 0 aliphatic carbocycles. The molecular weight excluding hydrogens is 534 g/mol. The van der Waals surface area contributed by atoms with E-state index in [2.05, 4.69) is 41.1 Å². The van der Waals surface area contributed by atoms with Gasteiger partial charge in [0, 0.05) is 30.5 Å². The van der Waals surface area contributed by atoms with Crippen LogP contribution in [-0.2, 0) is 10.9 Å². The normalized spacial score (nSPS) is 13.6. The van der Waals surface area contributed by atoms with Gasteiger partial charge in [-0.15, -0.1) is 0 Å². The van der Waals surface area contributed by atoms with Gasteiger partial charge in [-0.2, -0.15) is 18.2 Å². The summed E-state index contributed by atoms with van der Waals surface area (Å²) in [5, 5.41) is 2.87. The minimum atomic E-state index is -4.58. The topological polar surface area (TPSA) is 130 Å². The zero-order valence-corrected chi connectivity index (χ0v) is 20.6. The monoisotopic (exact) mass is 555 g/mol. The Morgan fingerprint density at radius 1 is 0.975 bits per heavy atom. The molecule has 1 amide bonds. The van der Waals surface area contributed by atoms with Gasteiger partial charge < -0.3 is 15.0 Å². The van der Waals surface area contributed by atoms with E-state index in [1.165, 1.54) is 43.0 Å². The summed E-state index contributed by atoms with van der Waals surface area (Å²) in [4.78, 5) is 34.1. The minimum Gasteiger partial charge on any atom is -0.378 e. The van der Waals surface area contributed by atoms with Crippen molar-refractivity contribution < 1.29 is 27.1 Å². The number of morpholine rings is 1. The molecule has 1 aliphatic heterocycles. The number of halogens is 4. The van der Waals surface area contributed by atoms with Crippen LogP contribution in [0.1, 0.15) is 16.1 Å². The molecule has 3 aromatic heterocycles. The number of hydrogen-bond donors (Lipinski definition) is 3. The maximum atomic E-state index is 14.2. The Morgan fingerprint density at radius 2 is 1.80 bits per heavy atom. The molecule has 4 aromatic rings. The lowest BCUT2D eigenvalue weighted by atomic mass is 10.1. The van der Waals surface area contributed by atoms with Crippen molar-refractivity contribution in [3.8, 4) is 11.3 Å². The van der Waals surface area contributed by atoms with Gasteiger partial charge in [0.25, 0.3) is 5.91 Å². The van der Waals surface area contributed by atoms with E-state index in [0.29, 0.717) is 37.7 Å². The van der Waals surface area contributed by atoms with Crippen LogP contribution in [0.4, 0.5) is 40.7 Å². The van der Waals surface area contributed by atoms with E-state index in [-0.39, 0.29) is 28.7 Å². The lowest BCUT2D eigenvalue weighted by Gasteiger charge is -2.28. The van der Waals surface area contributed by atoms with Gasteiger partial charge in [0.1, 0.15) is 12.0 Å². The van der Waals surface area contributed by atoms with Crippen molar-refractivity contribution >= 4 is 29.0 Å². The second kappa shape index (κ2) is 11.4. The number of carbonyl (C=O) groups excluding carboxylic acids is 1. The van der Waals surface area contributed by atoms with Crippen molar-refractivity contribution in [2.75, 3.05) is 41.9 Å². The van der Waals surface area contributed by atoms with Crippen LogP contribution in [0.25, 0.3) is 11.3 Å². The van der Waals surface area contributed by atoms with E-state index >= 15 is 0 Å². The number of rotatable bonds is 7. The molecule has 1 aromatic carbocycles. The van der Waals surface area contributed by atoms with Gasteiger partial charge in [-0.3, -0.25) is 15.6 Å². The van der Waals surface area contributed by atoms with Crippen LogP contribution in [0.2, 0.25) is 0 Å². The number of aromatic nitrogens is 5. The number of alkyl halides is 3. The summed E-state index contributed by atoms with van der Waals surface area (Å²) in [7, 11) is 0. The molecule has 0 unspecified atom stereocenters. The van der Waals surface area contributed by atoms with Crippen molar-refractivity contribution in [2.45, 2.75) is 6.18 Å². The summed E-state index contributed by atoms with van der Waals surface area (Å²) >= 11 is 0. The number of nitrogens with one attached hydrogen (secondary N) is 3. The van der Waals surface area contributed by atoms with Crippen molar-refractivity contribution in [1.29, 1.82) is 0 Å². The SMILES string of the molecule is O=C(NNc1ncc(F)c(N2CCOCC2)n1)c1ccc(Nc2cc(-c3ccncn3)cc(C(F)(F)F)c2)cn1. The third-order valence-corrected chi connectivity index (χ3v) is 5.75. The highest BCUT2D eigenvalue weighted by molar-refractivity contribution is 5.93. The first-order chi connectivity index (χ1) is 19.3. The first-order valence-corrected chi connectivity index (χ1v) is 11.9. The lowest BCUT2D eigenvalue weighted by Crippen LogP contribution is -2.38. The van der Waals surface area contributed by atoms with Gasteiger partial charge in [0.05, 0.1) is 42.6 Å². The molecule has 5 rings (SSSR count). The summed E-state index contributed by atoms with van der Waals surface area (Å²) in [6.45, 7) is 1.81. The van der Waals surface area contributed by atoms with Crippen molar-refractivity contribution in [3.05, 3.63) is 78.4 Å². The number of hydrogen-bond acceptors (Lipinski definition) is 10. The largest absolute Gasteiger partial charge is 0.416 e. The molecule has 4 heterocycles. The molecule has 0 saturated carbocycles. The summed E-state index contributed by atoms with van der Waals surface area (Å²) in [6, 6.07) is 7.84. The molecule has 0 atom stereocenters. The zero-order chi connectivity index (χ0) is 28.1. The Balaban J connectivity index is 1.26. The fourth-order valence-electron chi connectivity index (χ4n) is 3.83. The average Bonchev–Trinajstić information content (AvgIpc) is 2.97. The number of pyridine rings is 1. The standard InChI is InChI=1S/C25H21F4N9O2/c26-19-13-32-24(35-22(19)38-5-7-40-8-6-38)37-36-23(39)21-2-1-17(12-31-21)34-18-10-15(20-3-4-30-14-33-20)9-16(11-18)25(27,28)29/h1-4,9-14,34H,5-8H2,(H,36,39)(H,32,35,37). The predicted octanol–water partition coefficient (Wildman–Crippen LogP) is 3.82. The lowest BCUT2D eigenvalue weighted by molar-refractivity contribution is -0.137. The maximum absolute atomic E-state index is 14.2. The van der Waals surface area contributed by atoms with E-state index in [9.17, 15) is 22.4 Å². The Bertz CT molecular complexity index is 1480. The van der Waals surface area contributed by atoms with Gasteiger partial charge in [0.2, 0.25) is 5.95 Å². The number of hydrazine groups is 1. The second-order valence-corrected chi connectivity index (χ2v) is 8.49. The third kappa shape index (κ3) is 6.37. The smallest absolute Gasteiger partial charge is 0.378 e. The second-order valence-electron chi connectivity index (χ2n) is 8.49. The molecule has 3 N–H and O–H groups in total. The molecule has 40 heavy (non-hydrogen) atoms. The molecule has 11 nitrogen and oxygen atoms in total. The summed E-state index contributed by atoms with van der Waals surface area (Å²) < 4.78 is 60.0. The first kappa shape index (κ1) is 26.7. The molecule has 1 aliphatic rings. The highest BCUT2D eigenvalue weighted by Crippen LogP contribution is 2.35. The van der Waals surface area contributed by atoms with Crippen molar-refractivity contribution in [2.24, 2.45) is 0 Å². The molecule has 206 valence electrons. The summed E-state index contributed by atoms with van der Waals surface area (Å²) in [5.41, 5.74) is 5.11. The van der Waals surface area contributed by atoms with Gasteiger partial charge in [-0.1, -0.05) is 0 Å². The van der Waals surface area contributed by atoms with Crippen LogP contribution < -0.4 is 21.1 Å². The minimum absolute atomic E-state index is 0.000666. The Kier molecular flexibility index (Phi) is 7.63. The molecule has 1 fully saturated rings. The van der Waals surface area contributed by atoms with Crippen LogP contribution in [0.3, 0.4) is 0 Å². The van der Waals surface area contributed by atoms with E-state index in [0.717, 1.165) is 18.3 Å². The molecule has 0 spiro atoms. The molecule has 0 radical (unpaired) electrons. The average molecular weight is 555 g/mol. The van der Waals surface area contributed by atoms with Crippen LogP contribution >= 0.6 is 0 Å². The molecule has 15 heteroatoms. The quantitative estimate of drug-likeness (QED) is 0.229. The van der Waals surface area contributed by atoms with Gasteiger partial charge >= 0.3 is 6.18 Å². The molecule has 0 bridgehead atoms. The molecular formula is C25H21F4N9O2. The zero-order valence-electron chi connectivity index (χ0n) is 20.6. The Morgan fingerprint density at radius 3 is 2.50 bits per heavy atom. The van der Waals surface area contributed by atoms with Gasteiger partial charge in [0.15, 0.2) is 11.6 Å². The van der Waals surface area contributed by atoms with Crippen LogP contribution in [0.15, 0.2) is 61.3 Å². The number of anilines is 4. The van der Waals surface area contributed by atoms with E-state index in [1.807, 2.05) is 0 Å². The maximum Gasteiger partial charge on any atom is 0.416 e. The van der Waals surface area contributed by atoms with E-state index < -0.39 is 23.5 Å². The van der Waals surface area contributed by atoms with Gasteiger partial charge in [-0.05, 0) is 36.4 Å².